The molecular weight excluding hydrogens is 597 g/mol. The van der Waals surface area contributed by atoms with Gasteiger partial charge in [-0.05, 0) is 88.9 Å². The minimum absolute atomic E-state index is 0.810. The number of nitrogens with one attached hydrogen (secondary N) is 1. The first-order valence-electron chi connectivity index (χ1n) is 15.2. The quantitative estimate of drug-likeness (QED) is 0.181. The maximum absolute atomic E-state index is 5.12. The van der Waals surface area contributed by atoms with Gasteiger partial charge in [0.25, 0.3) is 0 Å². The lowest BCUT2D eigenvalue weighted by Gasteiger charge is -1.91. The Morgan fingerprint density at radius 1 is 0.468 bits per heavy atom. The molecule has 6 heterocycles. The van der Waals surface area contributed by atoms with Crippen LogP contribution in [0, 0.1) is 0 Å². The number of H-pyrrole nitrogens is 1. The monoisotopic (exact) mass is 628 g/mol. The number of aromatic amines is 1. The van der Waals surface area contributed by atoms with E-state index in [1.807, 2.05) is 103 Å². The van der Waals surface area contributed by atoms with Gasteiger partial charge < -0.3 is 9.40 Å². The molecule has 1 N–H and O–H groups in total. The first kappa shape index (κ1) is 30.9. The van der Waals surface area contributed by atoms with Gasteiger partial charge >= 0.3 is 0 Å². The highest BCUT2D eigenvalue weighted by atomic mass is 32.1. The molecule has 0 atom stereocenters. The molecule has 0 aliphatic rings. The van der Waals surface area contributed by atoms with E-state index in [9.17, 15) is 0 Å². The van der Waals surface area contributed by atoms with Gasteiger partial charge in [-0.25, -0.2) is 9.97 Å². The van der Waals surface area contributed by atoms with Crippen LogP contribution in [0.2, 0.25) is 0 Å². The van der Waals surface area contributed by atoms with E-state index in [0.717, 1.165) is 27.5 Å². The molecule has 0 saturated carbocycles. The number of fused-ring (bicyclic) bond motifs is 5. The number of para-hydroxylation sites is 3. The molecule has 228 valence electrons. The van der Waals surface area contributed by atoms with E-state index in [2.05, 4.69) is 86.0 Å². The van der Waals surface area contributed by atoms with Gasteiger partial charge in [0.15, 0.2) is 5.65 Å². The SMILES string of the molecule is c1ccc2[nH]ccc2c1.c1ccc2ncccc2c1.c1ccc2occc2c1.c1ccc2sccc2c1.c1cnc2ncccc2c1. The zero-order valence-electron chi connectivity index (χ0n) is 25.6. The predicted molar refractivity (Wildman–Crippen MR) is 198 cm³/mol. The van der Waals surface area contributed by atoms with Crippen LogP contribution in [-0.4, -0.2) is 19.9 Å². The first-order valence-corrected chi connectivity index (χ1v) is 16.0. The zero-order chi connectivity index (χ0) is 31.9. The number of hydrogen-bond acceptors (Lipinski definition) is 5. The van der Waals surface area contributed by atoms with Crippen LogP contribution in [-0.2, 0) is 0 Å². The second-order valence-electron chi connectivity index (χ2n) is 10.2. The number of rotatable bonds is 0. The lowest BCUT2D eigenvalue weighted by Crippen LogP contribution is -1.78. The summed E-state index contributed by atoms with van der Waals surface area (Å²) in [5, 5.41) is 8.19. The van der Waals surface area contributed by atoms with Crippen LogP contribution in [0.4, 0.5) is 0 Å². The Bertz CT molecular complexity index is 1960. The molecule has 0 spiro atoms. The van der Waals surface area contributed by atoms with Crippen LogP contribution in [0.25, 0.3) is 53.9 Å². The highest BCUT2D eigenvalue weighted by Crippen LogP contribution is 2.19. The molecule has 4 aromatic carbocycles. The fourth-order valence-corrected chi connectivity index (χ4v) is 5.52. The van der Waals surface area contributed by atoms with Crippen LogP contribution in [0.5, 0.6) is 0 Å². The largest absolute Gasteiger partial charge is 0.464 e. The molecule has 0 saturated heterocycles. The lowest BCUT2D eigenvalue weighted by molar-refractivity contribution is 0.616. The zero-order valence-corrected chi connectivity index (χ0v) is 26.4. The van der Waals surface area contributed by atoms with Crippen molar-refractivity contribution in [2.75, 3.05) is 0 Å². The molecule has 0 bridgehead atoms. The molecule has 0 radical (unpaired) electrons. The van der Waals surface area contributed by atoms with Crippen molar-refractivity contribution < 1.29 is 4.42 Å². The summed E-state index contributed by atoms with van der Waals surface area (Å²) in [6.45, 7) is 0. The van der Waals surface area contributed by atoms with Crippen molar-refractivity contribution in [1.29, 1.82) is 0 Å². The minimum Gasteiger partial charge on any atom is -0.464 e. The van der Waals surface area contributed by atoms with Crippen molar-refractivity contribution >= 4 is 65.2 Å². The molecule has 10 aromatic rings. The number of aromatic nitrogens is 4. The molecule has 0 aliphatic carbocycles. The number of pyridine rings is 3. The van der Waals surface area contributed by atoms with Crippen LogP contribution in [0.15, 0.2) is 193 Å². The van der Waals surface area contributed by atoms with Gasteiger partial charge in [0, 0.05) is 51.2 Å². The van der Waals surface area contributed by atoms with Crippen molar-refractivity contribution in [2.24, 2.45) is 0 Å². The van der Waals surface area contributed by atoms with Gasteiger partial charge in [-0.2, -0.15) is 0 Å². The molecule has 47 heavy (non-hydrogen) atoms. The Hall–Kier alpha value is -6.11. The third-order valence-corrected chi connectivity index (χ3v) is 7.97. The third kappa shape index (κ3) is 8.75. The van der Waals surface area contributed by atoms with E-state index >= 15 is 0 Å². The standard InChI is InChI=1S/C9H7N.C8H6N2.C8H7N.C8H6O.C8H6S/c1-2-6-9-8(4-1)5-3-7-10-9;1-3-7-4-2-6-10-8(7)9-5-1;3*1-2-4-8-7(3-1)5-6-9-8/h1-7H;1-6H;1-6,9H;2*1-6H. The normalized spacial score (nSPS) is 10.1. The number of hydrogen-bond donors (Lipinski definition) is 1. The Morgan fingerprint density at radius 2 is 1.09 bits per heavy atom. The maximum Gasteiger partial charge on any atom is 0.159 e. The van der Waals surface area contributed by atoms with Crippen molar-refractivity contribution in [3.8, 4) is 0 Å². The molecule has 6 aromatic heterocycles. The van der Waals surface area contributed by atoms with Gasteiger partial charge in [0.05, 0.1) is 11.8 Å². The smallest absolute Gasteiger partial charge is 0.159 e. The molecular formula is C41H32N4OS. The second-order valence-corrected chi connectivity index (χ2v) is 11.2. The summed E-state index contributed by atoms with van der Waals surface area (Å²) in [7, 11) is 0. The molecule has 0 fully saturated rings. The van der Waals surface area contributed by atoms with Crippen LogP contribution < -0.4 is 0 Å². The van der Waals surface area contributed by atoms with E-state index in [1.54, 1.807) is 30.0 Å². The van der Waals surface area contributed by atoms with E-state index in [-0.39, 0.29) is 0 Å². The molecule has 0 unspecified atom stereocenters. The van der Waals surface area contributed by atoms with Crippen molar-refractivity contribution in [3.05, 3.63) is 188 Å². The summed E-state index contributed by atoms with van der Waals surface area (Å²) in [5.41, 5.74) is 4.03. The maximum atomic E-state index is 5.12. The van der Waals surface area contributed by atoms with Crippen LogP contribution in [0.3, 0.4) is 0 Å². The molecule has 10 rings (SSSR count). The van der Waals surface area contributed by atoms with Gasteiger partial charge in [-0.1, -0.05) is 78.9 Å². The lowest BCUT2D eigenvalue weighted by atomic mass is 10.2. The van der Waals surface area contributed by atoms with Crippen LogP contribution >= 0.6 is 11.3 Å². The Kier molecular flexibility index (Phi) is 10.7. The fourth-order valence-electron chi connectivity index (χ4n) is 4.73. The predicted octanol–water partition coefficient (Wildman–Crippen LogP) is 11.4. The van der Waals surface area contributed by atoms with Crippen molar-refractivity contribution in [2.45, 2.75) is 0 Å². The fraction of sp³-hybridized carbons (Fsp3) is 0. The van der Waals surface area contributed by atoms with Crippen molar-refractivity contribution in [3.63, 3.8) is 0 Å². The molecule has 5 nitrogen and oxygen atoms in total. The molecule has 0 amide bonds. The van der Waals surface area contributed by atoms with Crippen LogP contribution in [0.1, 0.15) is 0 Å². The Morgan fingerprint density at radius 3 is 1.81 bits per heavy atom. The van der Waals surface area contributed by atoms with Gasteiger partial charge in [-0.15, -0.1) is 11.3 Å². The number of nitrogens with zero attached hydrogens (tertiary/aromatic N) is 3. The van der Waals surface area contributed by atoms with E-state index in [0.29, 0.717) is 0 Å². The first-order chi connectivity index (χ1) is 23.3. The highest BCUT2D eigenvalue weighted by molar-refractivity contribution is 7.17. The molecule has 6 heteroatoms. The van der Waals surface area contributed by atoms with Gasteiger partial charge in [-0.3, -0.25) is 4.98 Å². The minimum atomic E-state index is 0.810. The average Bonchev–Trinajstić information content (AvgIpc) is 3.94. The summed E-state index contributed by atoms with van der Waals surface area (Å²) in [6, 6.07) is 50.6. The van der Waals surface area contributed by atoms with E-state index in [1.165, 1.54) is 26.4 Å². The van der Waals surface area contributed by atoms with Crippen molar-refractivity contribution in [1.82, 2.24) is 19.9 Å². The van der Waals surface area contributed by atoms with E-state index < -0.39 is 0 Å². The summed E-state index contributed by atoms with van der Waals surface area (Å²) in [4.78, 5) is 15.4. The summed E-state index contributed by atoms with van der Waals surface area (Å²) in [6.07, 6.45) is 8.95. The number of thiophene rings is 1. The van der Waals surface area contributed by atoms with E-state index in [4.69, 9.17) is 4.42 Å². The highest BCUT2D eigenvalue weighted by Gasteiger charge is 1.91. The van der Waals surface area contributed by atoms with Gasteiger partial charge in [0.2, 0.25) is 0 Å². The average molecular weight is 629 g/mol. The summed E-state index contributed by atoms with van der Waals surface area (Å²) < 4.78 is 6.49. The summed E-state index contributed by atoms with van der Waals surface area (Å²) >= 11 is 1.79. The second kappa shape index (κ2) is 16.3. The number of benzene rings is 4. The Labute approximate surface area is 276 Å². The Balaban J connectivity index is 0.000000103. The third-order valence-electron chi connectivity index (χ3n) is 7.07. The summed E-state index contributed by atoms with van der Waals surface area (Å²) in [5.74, 6) is 0. The number of furan rings is 1. The van der Waals surface area contributed by atoms with Gasteiger partial charge in [0.1, 0.15) is 5.58 Å². The molecule has 0 aliphatic heterocycles. The topological polar surface area (TPSA) is 67.6 Å².